The van der Waals surface area contributed by atoms with E-state index < -0.39 is 33.5 Å². The second kappa shape index (κ2) is 7.56. The van der Waals surface area contributed by atoms with Gasteiger partial charge in [0.2, 0.25) is 5.91 Å². The van der Waals surface area contributed by atoms with Gasteiger partial charge in [0.05, 0.1) is 12.5 Å². The summed E-state index contributed by atoms with van der Waals surface area (Å²) >= 11 is 3.27. The zero-order valence-corrected chi connectivity index (χ0v) is 13.8. The number of halogens is 1. The third-order valence-corrected chi connectivity index (χ3v) is 4.83. The third kappa shape index (κ3) is 6.26. The molecule has 0 aliphatic carbocycles. The van der Waals surface area contributed by atoms with E-state index in [1.807, 2.05) is 0 Å². The smallest absolute Gasteiger partial charge is 0.305 e. The van der Waals surface area contributed by atoms with Crippen LogP contribution in [-0.2, 0) is 19.4 Å². The third-order valence-electron chi connectivity index (χ3n) is 2.76. The summed E-state index contributed by atoms with van der Waals surface area (Å²) in [5, 5.41) is 11.4. The van der Waals surface area contributed by atoms with Crippen molar-refractivity contribution in [2.45, 2.75) is 19.4 Å². The van der Waals surface area contributed by atoms with Crippen molar-refractivity contribution in [2.24, 2.45) is 0 Å². The topological polar surface area (TPSA) is 101 Å². The summed E-state index contributed by atoms with van der Waals surface area (Å²) in [7, 11) is -3.45. The molecule has 8 heteroatoms. The maximum atomic E-state index is 11.8. The lowest BCUT2D eigenvalue weighted by Gasteiger charge is -2.17. The number of rotatable bonds is 7. The number of nitrogens with one attached hydrogen (secondary N) is 1. The summed E-state index contributed by atoms with van der Waals surface area (Å²) in [6.45, 7) is 1.45. The highest BCUT2D eigenvalue weighted by Crippen LogP contribution is 2.21. The lowest BCUT2D eigenvalue weighted by atomic mass is 10.0. The summed E-state index contributed by atoms with van der Waals surface area (Å²) in [5.74, 6) is -2.57. The van der Waals surface area contributed by atoms with E-state index in [0.717, 1.165) is 4.47 Å². The Bertz CT molecular complexity index is 629. The van der Waals surface area contributed by atoms with Crippen LogP contribution >= 0.6 is 15.9 Å². The Morgan fingerprint density at radius 3 is 2.57 bits per heavy atom. The number of carboxylic acids is 1. The first kappa shape index (κ1) is 17.6. The first-order valence-corrected chi connectivity index (χ1v) is 8.82. The van der Waals surface area contributed by atoms with E-state index >= 15 is 0 Å². The molecule has 0 aromatic heterocycles. The Morgan fingerprint density at radius 2 is 2.05 bits per heavy atom. The van der Waals surface area contributed by atoms with Gasteiger partial charge in [-0.05, 0) is 17.7 Å². The number of amides is 1. The van der Waals surface area contributed by atoms with Gasteiger partial charge in [-0.3, -0.25) is 9.59 Å². The minimum absolute atomic E-state index is 0.138. The quantitative estimate of drug-likeness (QED) is 0.749. The lowest BCUT2D eigenvalue weighted by Crippen LogP contribution is -2.35. The number of carbonyl (C=O) groups is 2. The van der Waals surface area contributed by atoms with Gasteiger partial charge in [0.15, 0.2) is 9.84 Å². The molecule has 1 atom stereocenters. The highest BCUT2D eigenvalue weighted by atomic mass is 79.9. The minimum atomic E-state index is -3.45. The Hall–Kier alpha value is -1.41. The van der Waals surface area contributed by atoms with Crippen molar-refractivity contribution in [2.75, 3.05) is 11.5 Å². The summed E-state index contributed by atoms with van der Waals surface area (Å²) in [6.07, 6.45) is -0.325. The monoisotopic (exact) mass is 377 g/mol. The van der Waals surface area contributed by atoms with E-state index in [1.165, 1.54) is 6.92 Å². The summed E-state index contributed by atoms with van der Waals surface area (Å²) in [4.78, 5) is 22.7. The molecule has 116 valence electrons. The van der Waals surface area contributed by atoms with Gasteiger partial charge in [-0.15, -0.1) is 0 Å². The van der Waals surface area contributed by atoms with Crippen LogP contribution in [0.15, 0.2) is 28.7 Å². The Morgan fingerprint density at radius 1 is 1.38 bits per heavy atom. The average molecular weight is 378 g/mol. The molecular weight excluding hydrogens is 362 g/mol. The Kier molecular flexibility index (Phi) is 6.35. The van der Waals surface area contributed by atoms with Crippen molar-refractivity contribution >= 4 is 37.6 Å². The average Bonchev–Trinajstić information content (AvgIpc) is 2.36. The predicted molar refractivity (Wildman–Crippen MR) is 81.6 cm³/mol. The first-order valence-electron chi connectivity index (χ1n) is 6.20. The summed E-state index contributed by atoms with van der Waals surface area (Å²) in [5.41, 5.74) is 0.592. The van der Waals surface area contributed by atoms with Crippen LogP contribution in [0, 0.1) is 0 Å². The molecule has 1 aromatic carbocycles. The summed E-state index contributed by atoms with van der Waals surface area (Å²) in [6, 6.07) is 6.06. The van der Waals surface area contributed by atoms with Gasteiger partial charge in [-0.2, -0.15) is 0 Å². The number of carbonyl (C=O) groups excluding carboxylic acids is 1. The van der Waals surface area contributed by atoms with Gasteiger partial charge in [-0.25, -0.2) is 8.42 Å². The minimum Gasteiger partial charge on any atom is -0.481 e. The molecule has 0 radical (unpaired) electrons. The molecule has 21 heavy (non-hydrogen) atoms. The number of aliphatic carboxylic acids is 1. The zero-order valence-electron chi connectivity index (χ0n) is 11.4. The van der Waals surface area contributed by atoms with Crippen LogP contribution in [0.2, 0.25) is 0 Å². The van der Waals surface area contributed by atoms with Gasteiger partial charge in [0, 0.05) is 10.2 Å². The molecule has 0 heterocycles. The number of benzene rings is 1. The molecule has 0 saturated heterocycles. The fourth-order valence-corrected chi connectivity index (χ4v) is 2.79. The van der Waals surface area contributed by atoms with Crippen LogP contribution < -0.4 is 5.32 Å². The van der Waals surface area contributed by atoms with Crippen LogP contribution in [0.5, 0.6) is 0 Å². The normalized spacial score (nSPS) is 12.7. The van der Waals surface area contributed by atoms with E-state index in [1.54, 1.807) is 24.3 Å². The second-order valence-electron chi connectivity index (χ2n) is 4.45. The summed E-state index contributed by atoms with van der Waals surface area (Å²) < 4.78 is 23.6. The van der Waals surface area contributed by atoms with Crippen LogP contribution in [0.4, 0.5) is 0 Å². The Balaban J connectivity index is 2.89. The van der Waals surface area contributed by atoms with Crippen molar-refractivity contribution in [1.29, 1.82) is 0 Å². The zero-order chi connectivity index (χ0) is 16.0. The van der Waals surface area contributed by atoms with Crippen molar-refractivity contribution in [1.82, 2.24) is 5.32 Å². The van der Waals surface area contributed by atoms with E-state index in [-0.39, 0.29) is 12.2 Å². The number of hydrogen-bond donors (Lipinski definition) is 2. The SMILES string of the molecule is CCS(=O)(=O)CC(=O)NC(CC(=O)O)c1cccc(Br)c1. The molecule has 1 amide bonds. The molecule has 0 spiro atoms. The number of sulfone groups is 1. The van der Waals surface area contributed by atoms with Gasteiger partial charge < -0.3 is 10.4 Å². The first-order chi connectivity index (χ1) is 9.73. The van der Waals surface area contributed by atoms with Crippen LogP contribution in [0.1, 0.15) is 24.9 Å². The van der Waals surface area contributed by atoms with Crippen molar-refractivity contribution < 1.29 is 23.1 Å². The van der Waals surface area contributed by atoms with E-state index in [2.05, 4.69) is 21.2 Å². The van der Waals surface area contributed by atoms with Crippen LogP contribution in [0.3, 0.4) is 0 Å². The molecule has 1 aromatic rings. The van der Waals surface area contributed by atoms with Gasteiger partial charge in [0.1, 0.15) is 5.75 Å². The largest absolute Gasteiger partial charge is 0.481 e. The predicted octanol–water partition coefficient (Wildman–Crippen LogP) is 1.52. The number of carboxylic acid groups (broad SMARTS) is 1. The van der Waals surface area contributed by atoms with Crippen molar-refractivity contribution in [3.63, 3.8) is 0 Å². The van der Waals surface area contributed by atoms with Crippen LogP contribution in [0.25, 0.3) is 0 Å². The standard InChI is InChI=1S/C13H16BrNO5S/c1-2-21(19,20)8-12(16)15-11(7-13(17)18)9-4-3-5-10(14)6-9/h3-6,11H,2,7-8H2,1H3,(H,15,16)(H,17,18). The van der Waals surface area contributed by atoms with Gasteiger partial charge >= 0.3 is 5.97 Å². The molecule has 6 nitrogen and oxygen atoms in total. The molecule has 0 saturated carbocycles. The molecular formula is C13H16BrNO5S. The molecule has 0 bridgehead atoms. The van der Waals surface area contributed by atoms with E-state index in [9.17, 15) is 18.0 Å². The maximum Gasteiger partial charge on any atom is 0.305 e. The molecule has 1 unspecified atom stereocenters. The fraction of sp³-hybridized carbons (Fsp3) is 0.385. The molecule has 0 fully saturated rings. The van der Waals surface area contributed by atoms with Crippen molar-refractivity contribution in [3.05, 3.63) is 34.3 Å². The molecule has 2 N–H and O–H groups in total. The molecule has 0 aliphatic heterocycles. The number of hydrogen-bond acceptors (Lipinski definition) is 4. The fourth-order valence-electron chi connectivity index (χ4n) is 1.69. The van der Waals surface area contributed by atoms with E-state index in [0.29, 0.717) is 5.56 Å². The highest BCUT2D eigenvalue weighted by molar-refractivity contribution is 9.10. The molecule has 1 rings (SSSR count). The maximum absolute atomic E-state index is 11.8. The van der Waals surface area contributed by atoms with Gasteiger partial charge in [0.25, 0.3) is 0 Å². The molecule has 0 aliphatic rings. The van der Waals surface area contributed by atoms with Gasteiger partial charge in [-0.1, -0.05) is 35.0 Å². The lowest BCUT2D eigenvalue weighted by molar-refractivity contribution is -0.137. The highest BCUT2D eigenvalue weighted by Gasteiger charge is 2.21. The van der Waals surface area contributed by atoms with Crippen LogP contribution in [-0.4, -0.2) is 36.9 Å². The Labute approximate surface area is 131 Å². The van der Waals surface area contributed by atoms with Crippen molar-refractivity contribution in [3.8, 4) is 0 Å². The van der Waals surface area contributed by atoms with E-state index in [4.69, 9.17) is 5.11 Å². The second-order valence-corrected chi connectivity index (χ2v) is 7.72.